The molecule has 1 aliphatic heterocycles. The van der Waals surface area contributed by atoms with Gasteiger partial charge in [-0.05, 0) is 38.9 Å². The molecule has 0 aromatic heterocycles. The van der Waals surface area contributed by atoms with Crippen molar-refractivity contribution >= 4 is 29.9 Å². The second-order valence-corrected chi connectivity index (χ2v) is 5.51. The lowest BCUT2D eigenvalue weighted by Gasteiger charge is -2.23. The van der Waals surface area contributed by atoms with Crippen LogP contribution in [0.1, 0.15) is 31.4 Å². The molecule has 4 nitrogen and oxygen atoms in total. The van der Waals surface area contributed by atoms with E-state index in [0.29, 0.717) is 6.04 Å². The minimum atomic E-state index is 0. The van der Waals surface area contributed by atoms with Crippen LogP contribution in [0.25, 0.3) is 0 Å². The number of likely N-dealkylation sites (tertiary alicyclic amines) is 1. The quantitative estimate of drug-likeness (QED) is 0.462. The average molecular weight is 402 g/mol. The molecule has 0 radical (unpaired) electrons. The number of halogens is 1. The summed E-state index contributed by atoms with van der Waals surface area (Å²) in [5.41, 5.74) is 1.27. The number of aliphatic imine (C=N–C) groups is 1. The fourth-order valence-corrected chi connectivity index (χ4v) is 2.68. The molecule has 1 fully saturated rings. The summed E-state index contributed by atoms with van der Waals surface area (Å²) in [7, 11) is 4.02. The summed E-state index contributed by atoms with van der Waals surface area (Å²) >= 11 is 0. The van der Waals surface area contributed by atoms with E-state index in [1.165, 1.54) is 24.9 Å². The van der Waals surface area contributed by atoms with Crippen molar-refractivity contribution in [1.29, 1.82) is 0 Å². The first-order valence-corrected chi connectivity index (χ1v) is 7.43. The monoisotopic (exact) mass is 402 g/mol. The predicted octanol–water partition coefficient (Wildman–Crippen LogP) is 2.62. The fraction of sp³-hybridized carbons (Fsp3) is 0.562. The number of rotatable bonds is 4. The summed E-state index contributed by atoms with van der Waals surface area (Å²) in [5, 5.41) is 6.88. The van der Waals surface area contributed by atoms with E-state index >= 15 is 0 Å². The molecule has 0 spiro atoms. The Bertz CT molecular complexity index is 435. The molecule has 2 atom stereocenters. The van der Waals surface area contributed by atoms with Crippen molar-refractivity contribution in [2.75, 3.05) is 27.2 Å². The maximum Gasteiger partial charge on any atom is 0.191 e. The third-order valence-corrected chi connectivity index (χ3v) is 4.05. The maximum absolute atomic E-state index is 4.32. The molecule has 118 valence electrons. The Morgan fingerprint density at radius 2 is 2.10 bits per heavy atom. The van der Waals surface area contributed by atoms with Gasteiger partial charge >= 0.3 is 0 Å². The molecule has 0 bridgehead atoms. The summed E-state index contributed by atoms with van der Waals surface area (Å²) in [4.78, 5) is 6.73. The molecule has 1 saturated heterocycles. The van der Waals surface area contributed by atoms with Crippen molar-refractivity contribution in [2.45, 2.75) is 31.8 Å². The molecule has 2 rings (SSSR count). The molecule has 1 heterocycles. The van der Waals surface area contributed by atoms with Crippen LogP contribution in [-0.2, 0) is 0 Å². The SMILES string of the molecule is CN=C(NCC1CCCN1C)NC(C)c1ccccc1.I. The van der Waals surface area contributed by atoms with Crippen molar-refractivity contribution < 1.29 is 0 Å². The van der Waals surface area contributed by atoms with Gasteiger partial charge in [0.25, 0.3) is 0 Å². The molecular formula is C16H27IN4. The molecule has 1 aromatic rings. The number of likely N-dealkylation sites (N-methyl/N-ethyl adjacent to an activating group) is 1. The highest BCUT2D eigenvalue weighted by Gasteiger charge is 2.20. The summed E-state index contributed by atoms with van der Waals surface area (Å²) < 4.78 is 0. The lowest BCUT2D eigenvalue weighted by molar-refractivity contribution is 0.309. The second-order valence-electron chi connectivity index (χ2n) is 5.51. The Labute approximate surface area is 145 Å². The van der Waals surface area contributed by atoms with Crippen molar-refractivity contribution in [1.82, 2.24) is 15.5 Å². The molecule has 2 unspecified atom stereocenters. The molecule has 0 saturated carbocycles. The van der Waals surface area contributed by atoms with Gasteiger partial charge in [-0.1, -0.05) is 30.3 Å². The van der Waals surface area contributed by atoms with Crippen LogP contribution >= 0.6 is 24.0 Å². The first-order chi connectivity index (χ1) is 9.70. The zero-order chi connectivity index (χ0) is 14.4. The van der Waals surface area contributed by atoms with Gasteiger partial charge < -0.3 is 15.5 Å². The van der Waals surface area contributed by atoms with E-state index < -0.39 is 0 Å². The van der Waals surface area contributed by atoms with Crippen LogP contribution in [0, 0.1) is 0 Å². The summed E-state index contributed by atoms with van der Waals surface area (Å²) in [6.45, 7) is 4.32. The number of guanidine groups is 1. The van der Waals surface area contributed by atoms with E-state index in [0.717, 1.165) is 12.5 Å². The third-order valence-electron chi connectivity index (χ3n) is 4.05. The Kier molecular flexibility index (Phi) is 8.03. The van der Waals surface area contributed by atoms with Gasteiger partial charge in [-0.2, -0.15) is 0 Å². The Hall–Kier alpha value is -0.820. The van der Waals surface area contributed by atoms with Gasteiger partial charge in [-0.3, -0.25) is 4.99 Å². The number of hydrogen-bond donors (Lipinski definition) is 2. The Balaban J connectivity index is 0.00000220. The summed E-state index contributed by atoms with van der Waals surface area (Å²) in [5.74, 6) is 0.877. The number of nitrogens with zero attached hydrogens (tertiary/aromatic N) is 2. The van der Waals surface area contributed by atoms with E-state index in [1.807, 2.05) is 13.1 Å². The third kappa shape index (κ3) is 5.47. The maximum atomic E-state index is 4.32. The topological polar surface area (TPSA) is 39.7 Å². The number of benzene rings is 1. The van der Waals surface area contributed by atoms with Gasteiger partial charge in [0, 0.05) is 19.6 Å². The van der Waals surface area contributed by atoms with Crippen LogP contribution < -0.4 is 10.6 Å². The summed E-state index contributed by atoms with van der Waals surface area (Å²) in [6.07, 6.45) is 2.57. The smallest absolute Gasteiger partial charge is 0.191 e. The normalized spacial score (nSPS) is 20.7. The van der Waals surface area contributed by atoms with Crippen LogP contribution in [0.3, 0.4) is 0 Å². The van der Waals surface area contributed by atoms with E-state index in [2.05, 4.69) is 58.8 Å². The van der Waals surface area contributed by atoms with Gasteiger partial charge in [0.05, 0.1) is 6.04 Å². The van der Waals surface area contributed by atoms with Gasteiger partial charge in [0.2, 0.25) is 0 Å². The van der Waals surface area contributed by atoms with Crippen molar-refractivity contribution in [3.63, 3.8) is 0 Å². The van der Waals surface area contributed by atoms with E-state index in [4.69, 9.17) is 0 Å². The number of nitrogens with one attached hydrogen (secondary N) is 2. The highest BCUT2D eigenvalue weighted by Crippen LogP contribution is 2.14. The van der Waals surface area contributed by atoms with Gasteiger partial charge in [0.15, 0.2) is 5.96 Å². The molecule has 1 aliphatic rings. The van der Waals surface area contributed by atoms with Crippen molar-refractivity contribution in [3.05, 3.63) is 35.9 Å². The van der Waals surface area contributed by atoms with Gasteiger partial charge in [-0.25, -0.2) is 0 Å². The highest BCUT2D eigenvalue weighted by atomic mass is 127. The average Bonchev–Trinajstić information content (AvgIpc) is 2.89. The standard InChI is InChI=1S/C16H26N4.HI/c1-13(14-8-5-4-6-9-14)19-16(17-2)18-12-15-10-7-11-20(15)3;/h4-6,8-9,13,15H,7,10-12H2,1-3H3,(H2,17,18,19);1H. The minimum absolute atomic E-state index is 0. The van der Waals surface area contributed by atoms with E-state index in [-0.39, 0.29) is 30.0 Å². The van der Waals surface area contributed by atoms with Crippen LogP contribution in [0.2, 0.25) is 0 Å². The van der Waals surface area contributed by atoms with Crippen LogP contribution in [0.4, 0.5) is 0 Å². The lowest BCUT2D eigenvalue weighted by atomic mass is 10.1. The van der Waals surface area contributed by atoms with Gasteiger partial charge in [0.1, 0.15) is 0 Å². The number of hydrogen-bond acceptors (Lipinski definition) is 2. The van der Waals surface area contributed by atoms with Crippen molar-refractivity contribution in [2.24, 2.45) is 4.99 Å². The first kappa shape index (κ1) is 18.2. The molecule has 21 heavy (non-hydrogen) atoms. The van der Waals surface area contributed by atoms with Crippen LogP contribution in [0.15, 0.2) is 35.3 Å². The molecule has 5 heteroatoms. The van der Waals surface area contributed by atoms with E-state index in [1.54, 1.807) is 0 Å². The molecular weight excluding hydrogens is 375 g/mol. The zero-order valence-electron chi connectivity index (χ0n) is 13.2. The molecule has 0 aliphatic carbocycles. The van der Waals surface area contributed by atoms with Crippen molar-refractivity contribution in [3.8, 4) is 0 Å². The van der Waals surface area contributed by atoms with Gasteiger partial charge in [-0.15, -0.1) is 24.0 Å². The lowest BCUT2D eigenvalue weighted by Crippen LogP contribution is -2.44. The molecule has 1 aromatic carbocycles. The Morgan fingerprint density at radius 1 is 1.38 bits per heavy atom. The second kappa shape index (κ2) is 9.25. The summed E-state index contributed by atoms with van der Waals surface area (Å²) in [6, 6.07) is 11.3. The molecule has 2 N–H and O–H groups in total. The highest BCUT2D eigenvalue weighted by molar-refractivity contribution is 14.0. The minimum Gasteiger partial charge on any atom is -0.355 e. The predicted molar refractivity (Wildman–Crippen MR) is 100 cm³/mol. The first-order valence-electron chi connectivity index (χ1n) is 7.43. The van der Waals surface area contributed by atoms with Crippen LogP contribution in [-0.4, -0.2) is 44.1 Å². The largest absolute Gasteiger partial charge is 0.355 e. The molecule has 0 amide bonds. The fourth-order valence-electron chi connectivity index (χ4n) is 2.68. The Morgan fingerprint density at radius 3 is 2.67 bits per heavy atom. The van der Waals surface area contributed by atoms with E-state index in [9.17, 15) is 0 Å². The zero-order valence-corrected chi connectivity index (χ0v) is 15.5. The van der Waals surface area contributed by atoms with Crippen LogP contribution in [0.5, 0.6) is 0 Å².